The lowest BCUT2D eigenvalue weighted by molar-refractivity contribution is -0.148. The third-order valence-corrected chi connectivity index (χ3v) is 5.40. The number of allylic oxidation sites excluding steroid dienone is 5. The Morgan fingerprint density at radius 2 is 1.94 bits per heavy atom. The van der Waals surface area contributed by atoms with Crippen molar-refractivity contribution in [2.24, 2.45) is 5.41 Å². The molecule has 0 saturated heterocycles. The normalized spacial score (nSPS) is 27.1. The lowest BCUT2D eigenvalue weighted by Crippen LogP contribution is -2.39. The van der Waals surface area contributed by atoms with Crippen LogP contribution in [0, 0.1) is 5.41 Å². The molecular formula is C26H38O6. The van der Waals surface area contributed by atoms with Crippen LogP contribution in [0.15, 0.2) is 59.8 Å². The van der Waals surface area contributed by atoms with Gasteiger partial charge in [-0.15, -0.1) is 0 Å². The van der Waals surface area contributed by atoms with Gasteiger partial charge in [0.15, 0.2) is 11.9 Å². The minimum Gasteiger partial charge on any atom is -0.452 e. The van der Waals surface area contributed by atoms with Crippen LogP contribution in [0.1, 0.15) is 54.4 Å². The lowest BCUT2D eigenvalue weighted by atomic mass is 9.81. The van der Waals surface area contributed by atoms with Gasteiger partial charge in [0.05, 0.1) is 12.2 Å². The number of hydrogen-bond acceptors (Lipinski definition) is 6. The summed E-state index contributed by atoms with van der Waals surface area (Å²) in [5, 5.41) is 20.7. The molecule has 0 aliphatic heterocycles. The molecule has 0 fully saturated rings. The van der Waals surface area contributed by atoms with Crippen molar-refractivity contribution in [3.05, 3.63) is 59.8 Å². The molecule has 2 N–H and O–H groups in total. The summed E-state index contributed by atoms with van der Waals surface area (Å²) in [7, 11) is 1.64. The molecule has 0 bridgehead atoms. The summed E-state index contributed by atoms with van der Waals surface area (Å²) in [6.45, 7) is 10.5. The number of rotatable bonds is 7. The van der Waals surface area contributed by atoms with Gasteiger partial charge in [-0.3, -0.25) is 4.79 Å². The summed E-state index contributed by atoms with van der Waals surface area (Å²) >= 11 is 0. The van der Waals surface area contributed by atoms with Gasteiger partial charge in [0.2, 0.25) is 0 Å². The van der Waals surface area contributed by atoms with Crippen LogP contribution in [0.3, 0.4) is 0 Å². The maximum absolute atomic E-state index is 12.5. The number of hydrogen-bond donors (Lipinski definition) is 2. The van der Waals surface area contributed by atoms with Gasteiger partial charge in [-0.05, 0) is 71.1 Å². The van der Waals surface area contributed by atoms with Gasteiger partial charge in [0.25, 0.3) is 0 Å². The zero-order valence-corrected chi connectivity index (χ0v) is 20.3. The summed E-state index contributed by atoms with van der Waals surface area (Å²) < 4.78 is 11.0. The van der Waals surface area contributed by atoms with Gasteiger partial charge >= 0.3 is 5.97 Å². The predicted octanol–water partition coefficient (Wildman–Crippen LogP) is 4.00. The highest BCUT2D eigenvalue weighted by molar-refractivity contribution is 6.04. The van der Waals surface area contributed by atoms with Crippen LogP contribution < -0.4 is 0 Å². The fraction of sp³-hybridized carbons (Fsp3) is 0.538. The van der Waals surface area contributed by atoms with Crippen LogP contribution in [0.2, 0.25) is 0 Å². The Labute approximate surface area is 192 Å². The molecule has 0 aromatic rings. The first-order valence-electron chi connectivity index (χ1n) is 10.8. The van der Waals surface area contributed by atoms with Gasteiger partial charge in [0.1, 0.15) is 5.60 Å². The van der Waals surface area contributed by atoms with Crippen molar-refractivity contribution in [1.29, 1.82) is 0 Å². The minimum atomic E-state index is -1.63. The molecule has 0 aromatic carbocycles. The second kappa shape index (κ2) is 11.5. The van der Waals surface area contributed by atoms with Crippen LogP contribution in [-0.2, 0) is 19.1 Å². The number of esters is 1. The van der Waals surface area contributed by atoms with E-state index in [9.17, 15) is 19.8 Å². The topological polar surface area (TPSA) is 93.1 Å². The van der Waals surface area contributed by atoms with Crippen LogP contribution in [0.25, 0.3) is 0 Å². The summed E-state index contributed by atoms with van der Waals surface area (Å²) in [5.41, 5.74) is -1.50. The first-order valence-corrected chi connectivity index (χ1v) is 10.8. The van der Waals surface area contributed by atoms with Crippen LogP contribution in [0.5, 0.6) is 0 Å². The summed E-state index contributed by atoms with van der Waals surface area (Å²) in [5.74, 6) is -0.977. The molecule has 0 aromatic heterocycles. The zero-order valence-electron chi connectivity index (χ0n) is 20.3. The number of aliphatic hydroxyl groups excluding tert-OH is 1. The molecule has 0 amide bonds. The van der Waals surface area contributed by atoms with Gasteiger partial charge in [-0.25, -0.2) is 4.79 Å². The molecular weight excluding hydrogens is 408 g/mol. The van der Waals surface area contributed by atoms with Crippen molar-refractivity contribution < 1.29 is 29.3 Å². The van der Waals surface area contributed by atoms with E-state index >= 15 is 0 Å². The van der Waals surface area contributed by atoms with Crippen LogP contribution >= 0.6 is 0 Å². The van der Waals surface area contributed by atoms with Gasteiger partial charge in [-0.1, -0.05) is 36.8 Å². The average molecular weight is 447 g/mol. The average Bonchev–Trinajstić information content (AvgIpc) is 2.70. The maximum atomic E-state index is 12.5. The number of methoxy groups -OCH3 is 1. The predicted molar refractivity (Wildman–Crippen MR) is 126 cm³/mol. The fourth-order valence-corrected chi connectivity index (χ4v) is 3.01. The van der Waals surface area contributed by atoms with E-state index in [0.717, 1.165) is 5.57 Å². The molecule has 32 heavy (non-hydrogen) atoms. The molecule has 6 nitrogen and oxygen atoms in total. The Balaban J connectivity index is 3.41. The lowest BCUT2D eigenvalue weighted by Gasteiger charge is -2.29. The molecule has 1 rings (SSSR count). The highest BCUT2D eigenvalue weighted by Gasteiger charge is 2.32. The third-order valence-electron chi connectivity index (χ3n) is 5.40. The fourth-order valence-electron chi connectivity index (χ4n) is 3.01. The first kappa shape index (κ1) is 27.8. The van der Waals surface area contributed by atoms with Crippen molar-refractivity contribution >= 4 is 11.8 Å². The second-order valence-electron chi connectivity index (χ2n) is 9.52. The van der Waals surface area contributed by atoms with E-state index in [4.69, 9.17) is 9.47 Å². The molecule has 0 saturated carbocycles. The minimum absolute atomic E-state index is 0.248. The van der Waals surface area contributed by atoms with E-state index in [-0.39, 0.29) is 5.57 Å². The molecule has 3 atom stereocenters. The van der Waals surface area contributed by atoms with Gasteiger partial charge < -0.3 is 19.7 Å². The Morgan fingerprint density at radius 3 is 2.50 bits per heavy atom. The van der Waals surface area contributed by atoms with E-state index in [0.29, 0.717) is 12.8 Å². The third kappa shape index (κ3) is 9.07. The van der Waals surface area contributed by atoms with Crippen molar-refractivity contribution in [3.63, 3.8) is 0 Å². The van der Waals surface area contributed by atoms with Crippen molar-refractivity contribution in [1.82, 2.24) is 0 Å². The summed E-state index contributed by atoms with van der Waals surface area (Å²) in [6.07, 6.45) is 13.2. The number of carbonyl (C=O) groups excluding carboxylic acids is 2. The number of ether oxygens (including phenoxy) is 2. The van der Waals surface area contributed by atoms with E-state index < -0.39 is 41.1 Å². The SMILES string of the molecule is COC(C)(C)C=CC[C@]1(C)C=C[C@@H](OC(=O)C=C(C)C)[C@](C)(O)C=CC(=O)C(CO)=CC1. The quantitative estimate of drug-likeness (QED) is 0.349. The van der Waals surface area contributed by atoms with E-state index in [1.165, 1.54) is 25.2 Å². The zero-order chi connectivity index (χ0) is 24.6. The Hall–Kier alpha value is -2.28. The highest BCUT2D eigenvalue weighted by atomic mass is 16.6. The van der Waals surface area contributed by atoms with E-state index in [1.807, 2.05) is 39.0 Å². The standard InChI is InChI=1S/C26H38O6/c1-19(2)17-23(29)32-22-11-15-25(5,13-8-12-24(3,4)31-7)14-9-20(18-27)21(28)10-16-26(22,6)30/h8-12,15-17,22,27,30H,13-14,18H2,1-7H3/t22-,25+,26-/m1/s1. The molecule has 1 aliphatic rings. The summed E-state index contributed by atoms with van der Waals surface area (Å²) in [4.78, 5) is 24.8. The smallest absolute Gasteiger partial charge is 0.331 e. The van der Waals surface area contributed by atoms with Gasteiger partial charge in [0, 0.05) is 18.8 Å². The first-order chi connectivity index (χ1) is 14.7. The highest BCUT2D eigenvalue weighted by Crippen LogP contribution is 2.32. The van der Waals surface area contributed by atoms with E-state index in [1.54, 1.807) is 33.1 Å². The number of carbonyl (C=O) groups is 2. The number of aliphatic hydroxyl groups is 2. The molecule has 1 aliphatic carbocycles. The molecule has 0 radical (unpaired) electrons. The second-order valence-corrected chi connectivity index (χ2v) is 9.52. The Bertz CT molecular complexity index is 821. The molecule has 0 unspecified atom stereocenters. The van der Waals surface area contributed by atoms with Crippen molar-refractivity contribution in [3.8, 4) is 0 Å². The molecule has 6 heteroatoms. The molecule has 0 heterocycles. The monoisotopic (exact) mass is 446 g/mol. The van der Waals surface area contributed by atoms with Crippen molar-refractivity contribution in [2.75, 3.05) is 13.7 Å². The Kier molecular flexibility index (Phi) is 10.0. The van der Waals surface area contributed by atoms with Crippen LogP contribution in [0.4, 0.5) is 0 Å². The van der Waals surface area contributed by atoms with E-state index in [2.05, 4.69) is 0 Å². The summed E-state index contributed by atoms with van der Waals surface area (Å²) in [6, 6.07) is 0. The largest absolute Gasteiger partial charge is 0.452 e. The number of ketones is 1. The molecule has 178 valence electrons. The van der Waals surface area contributed by atoms with Crippen LogP contribution in [-0.4, -0.2) is 53.0 Å². The maximum Gasteiger partial charge on any atom is 0.331 e. The Morgan fingerprint density at radius 1 is 1.28 bits per heavy atom. The van der Waals surface area contributed by atoms with Crippen molar-refractivity contribution in [2.45, 2.75) is 71.7 Å². The molecule has 0 spiro atoms. The van der Waals surface area contributed by atoms with Gasteiger partial charge in [-0.2, -0.15) is 0 Å².